The van der Waals surface area contributed by atoms with Crippen LogP contribution in [-0.2, 0) is 9.53 Å². The zero-order valence-electron chi connectivity index (χ0n) is 10.5. The third kappa shape index (κ3) is 8.68. The molecule has 0 bridgehead atoms. The minimum Gasteiger partial charge on any atom is -0.466 e. The first-order valence-corrected chi connectivity index (χ1v) is 6.10. The monoisotopic (exact) mass is 231 g/mol. The Labute approximate surface area is 98.2 Å². The molecule has 0 aliphatic heterocycles. The van der Waals surface area contributed by atoms with Gasteiger partial charge in [-0.1, -0.05) is 32.6 Å². The zero-order chi connectivity index (χ0) is 12.4. The molecule has 0 aromatic heterocycles. The Balaban J connectivity index is 3.44. The fourth-order valence-electron chi connectivity index (χ4n) is 1.33. The summed E-state index contributed by atoms with van der Waals surface area (Å²) >= 11 is 0. The molecular formula is C12H25NO3. The van der Waals surface area contributed by atoms with E-state index >= 15 is 0 Å². The number of hydrogen-bond acceptors (Lipinski definition) is 4. The molecule has 3 N–H and O–H groups in total. The fraction of sp³-hybridized carbons (Fsp3) is 0.917. The number of hydrogen-bond donors (Lipinski definition) is 2. The predicted molar refractivity (Wildman–Crippen MR) is 64.0 cm³/mol. The Bertz CT molecular complexity index is 193. The number of carbonyl (C=O) groups excluding carboxylic acids is 1. The molecule has 16 heavy (non-hydrogen) atoms. The summed E-state index contributed by atoms with van der Waals surface area (Å²) in [4.78, 5) is 11.3. The minimum atomic E-state index is -1.14. The van der Waals surface area contributed by atoms with Gasteiger partial charge in [0.2, 0.25) is 0 Å². The third-order valence-electron chi connectivity index (χ3n) is 2.48. The molecule has 4 nitrogen and oxygen atoms in total. The van der Waals surface area contributed by atoms with E-state index in [0.717, 1.165) is 12.8 Å². The Morgan fingerprint density at radius 3 is 2.50 bits per heavy atom. The highest BCUT2D eigenvalue weighted by Gasteiger charge is 2.23. The number of carbonyl (C=O) groups is 1. The summed E-state index contributed by atoms with van der Waals surface area (Å²) in [5.74, 6) is -0.369. The van der Waals surface area contributed by atoms with E-state index < -0.39 is 5.60 Å². The molecule has 0 saturated heterocycles. The zero-order valence-corrected chi connectivity index (χ0v) is 10.5. The number of aliphatic hydroxyl groups is 1. The topological polar surface area (TPSA) is 72.5 Å². The van der Waals surface area contributed by atoms with Crippen LogP contribution in [0.15, 0.2) is 0 Å². The number of esters is 1. The lowest BCUT2D eigenvalue weighted by Gasteiger charge is -2.19. The van der Waals surface area contributed by atoms with Crippen molar-refractivity contribution in [3.63, 3.8) is 0 Å². The van der Waals surface area contributed by atoms with Gasteiger partial charge < -0.3 is 15.6 Å². The van der Waals surface area contributed by atoms with Crippen molar-refractivity contribution in [2.24, 2.45) is 5.73 Å². The van der Waals surface area contributed by atoms with E-state index in [1.54, 1.807) is 0 Å². The molecule has 4 heteroatoms. The van der Waals surface area contributed by atoms with Gasteiger partial charge in [0.15, 0.2) is 0 Å². The smallest absolute Gasteiger partial charge is 0.308 e. The van der Waals surface area contributed by atoms with Gasteiger partial charge in [0, 0.05) is 6.54 Å². The highest BCUT2D eigenvalue weighted by molar-refractivity contribution is 5.70. The maximum atomic E-state index is 11.3. The van der Waals surface area contributed by atoms with Crippen molar-refractivity contribution < 1.29 is 14.6 Å². The quantitative estimate of drug-likeness (QED) is 0.467. The van der Waals surface area contributed by atoms with Crippen LogP contribution in [0.2, 0.25) is 0 Å². The van der Waals surface area contributed by atoms with Gasteiger partial charge >= 0.3 is 5.97 Å². The highest BCUT2D eigenvalue weighted by Crippen LogP contribution is 2.08. The third-order valence-corrected chi connectivity index (χ3v) is 2.48. The molecule has 0 fully saturated rings. The SMILES string of the molecule is CCCCCCCOC(=O)CC(C)(O)CN. The Morgan fingerprint density at radius 1 is 1.31 bits per heavy atom. The number of nitrogens with two attached hydrogens (primary N) is 1. The highest BCUT2D eigenvalue weighted by atomic mass is 16.5. The summed E-state index contributed by atoms with van der Waals surface area (Å²) in [7, 11) is 0. The van der Waals surface area contributed by atoms with Gasteiger partial charge in [-0.2, -0.15) is 0 Å². The first-order chi connectivity index (χ1) is 7.52. The van der Waals surface area contributed by atoms with Gasteiger partial charge in [-0.25, -0.2) is 0 Å². The lowest BCUT2D eigenvalue weighted by atomic mass is 10.0. The molecule has 0 heterocycles. The summed E-state index contributed by atoms with van der Waals surface area (Å²) in [6, 6.07) is 0. The fourth-order valence-corrected chi connectivity index (χ4v) is 1.33. The van der Waals surface area contributed by atoms with Crippen LogP contribution >= 0.6 is 0 Å². The number of rotatable bonds is 9. The van der Waals surface area contributed by atoms with Crippen molar-refractivity contribution in [1.82, 2.24) is 0 Å². The van der Waals surface area contributed by atoms with Gasteiger partial charge in [0.25, 0.3) is 0 Å². The molecular weight excluding hydrogens is 206 g/mol. The lowest BCUT2D eigenvalue weighted by Crippen LogP contribution is -2.37. The number of ether oxygens (including phenoxy) is 1. The van der Waals surface area contributed by atoms with Gasteiger partial charge in [-0.3, -0.25) is 4.79 Å². The maximum absolute atomic E-state index is 11.3. The second-order valence-electron chi connectivity index (χ2n) is 4.51. The van der Waals surface area contributed by atoms with Crippen LogP contribution in [0.3, 0.4) is 0 Å². The summed E-state index contributed by atoms with van der Waals surface area (Å²) in [6.45, 7) is 4.21. The van der Waals surface area contributed by atoms with Crippen LogP contribution in [0.4, 0.5) is 0 Å². The average Bonchev–Trinajstić information content (AvgIpc) is 2.22. The summed E-state index contributed by atoms with van der Waals surface area (Å²) in [6.07, 6.45) is 5.59. The Morgan fingerprint density at radius 2 is 1.94 bits per heavy atom. The molecule has 0 radical (unpaired) electrons. The van der Waals surface area contributed by atoms with Crippen molar-refractivity contribution in [2.45, 2.75) is 58.0 Å². The summed E-state index contributed by atoms with van der Waals surface area (Å²) in [5.41, 5.74) is 4.17. The molecule has 0 aromatic carbocycles. The van der Waals surface area contributed by atoms with E-state index in [4.69, 9.17) is 10.5 Å². The van der Waals surface area contributed by atoms with Gasteiger partial charge in [0.05, 0.1) is 18.6 Å². The van der Waals surface area contributed by atoms with Gasteiger partial charge in [-0.15, -0.1) is 0 Å². The standard InChI is InChI=1S/C12H25NO3/c1-3-4-5-6-7-8-16-11(14)9-12(2,15)10-13/h15H,3-10,13H2,1-2H3. The molecule has 0 saturated carbocycles. The minimum absolute atomic E-state index is 0.0293. The number of unbranched alkanes of at least 4 members (excludes halogenated alkanes) is 4. The molecule has 0 amide bonds. The van der Waals surface area contributed by atoms with E-state index in [1.165, 1.54) is 26.2 Å². The molecule has 0 aliphatic rings. The van der Waals surface area contributed by atoms with E-state index in [-0.39, 0.29) is 18.9 Å². The van der Waals surface area contributed by atoms with Crippen LogP contribution in [0.1, 0.15) is 52.4 Å². The molecule has 1 atom stereocenters. The lowest BCUT2D eigenvalue weighted by molar-refractivity contribution is -0.148. The Hall–Kier alpha value is -0.610. The molecule has 0 aromatic rings. The molecule has 0 spiro atoms. The van der Waals surface area contributed by atoms with Crippen molar-refractivity contribution in [1.29, 1.82) is 0 Å². The van der Waals surface area contributed by atoms with Crippen LogP contribution in [0, 0.1) is 0 Å². The van der Waals surface area contributed by atoms with E-state index in [2.05, 4.69) is 6.92 Å². The van der Waals surface area contributed by atoms with Crippen LogP contribution in [-0.4, -0.2) is 29.8 Å². The summed E-state index contributed by atoms with van der Waals surface area (Å²) in [5, 5.41) is 9.54. The van der Waals surface area contributed by atoms with Crippen LogP contribution < -0.4 is 5.73 Å². The van der Waals surface area contributed by atoms with Gasteiger partial charge in [-0.05, 0) is 13.3 Å². The largest absolute Gasteiger partial charge is 0.466 e. The van der Waals surface area contributed by atoms with Crippen molar-refractivity contribution in [3.8, 4) is 0 Å². The van der Waals surface area contributed by atoms with E-state index in [1.807, 2.05) is 0 Å². The van der Waals surface area contributed by atoms with Crippen molar-refractivity contribution in [3.05, 3.63) is 0 Å². The van der Waals surface area contributed by atoms with E-state index in [9.17, 15) is 9.90 Å². The second kappa shape index (κ2) is 8.53. The van der Waals surface area contributed by atoms with Crippen LogP contribution in [0.25, 0.3) is 0 Å². The second-order valence-corrected chi connectivity index (χ2v) is 4.51. The van der Waals surface area contributed by atoms with Crippen molar-refractivity contribution >= 4 is 5.97 Å². The van der Waals surface area contributed by atoms with E-state index in [0.29, 0.717) is 6.61 Å². The molecule has 0 aliphatic carbocycles. The molecule has 1 unspecified atom stereocenters. The first kappa shape index (κ1) is 15.4. The van der Waals surface area contributed by atoms with Crippen LogP contribution in [0.5, 0.6) is 0 Å². The van der Waals surface area contributed by atoms with Gasteiger partial charge in [0.1, 0.15) is 0 Å². The molecule has 96 valence electrons. The molecule has 0 rings (SSSR count). The summed E-state index contributed by atoms with van der Waals surface area (Å²) < 4.78 is 5.01. The van der Waals surface area contributed by atoms with Crippen molar-refractivity contribution in [2.75, 3.05) is 13.2 Å². The predicted octanol–water partition coefficient (Wildman–Crippen LogP) is 1.60. The first-order valence-electron chi connectivity index (χ1n) is 6.10. The normalized spacial score (nSPS) is 14.5. The Kier molecular flexibility index (Phi) is 8.21. The maximum Gasteiger partial charge on any atom is 0.308 e. The average molecular weight is 231 g/mol.